The summed E-state index contributed by atoms with van der Waals surface area (Å²) in [6.07, 6.45) is -7.82. The second kappa shape index (κ2) is 8.00. The number of amides is 1. The van der Waals surface area contributed by atoms with E-state index in [2.05, 4.69) is 20.7 Å². The van der Waals surface area contributed by atoms with Crippen LogP contribution in [0.25, 0.3) is 0 Å². The number of alkyl halides is 5. The van der Waals surface area contributed by atoms with Crippen LogP contribution in [0.5, 0.6) is 0 Å². The highest BCUT2D eigenvalue weighted by Crippen LogP contribution is 2.36. The fourth-order valence-corrected chi connectivity index (χ4v) is 2.98. The van der Waals surface area contributed by atoms with Crippen molar-refractivity contribution >= 4 is 29.3 Å². The molecule has 1 amide bonds. The molecule has 1 unspecified atom stereocenters. The van der Waals surface area contributed by atoms with Gasteiger partial charge < -0.3 is 0 Å². The maximum absolute atomic E-state index is 13.1. The summed E-state index contributed by atoms with van der Waals surface area (Å²) >= 11 is 6.71. The summed E-state index contributed by atoms with van der Waals surface area (Å²) < 4.78 is 66.4. The molecule has 0 aliphatic rings. The fourth-order valence-electron chi connectivity index (χ4n) is 2.12. The molecule has 0 aromatic carbocycles. The third kappa shape index (κ3) is 4.34. The number of hydrogen-bond acceptors (Lipinski definition) is 5. The lowest BCUT2D eigenvalue weighted by atomic mass is 10.3. The molecule has 1 atom stereocenters. The average Bonchev–Trinajstić information content (AvgIpc) is 3.09. The lowest BCUT2D eigenvalue weighted by Crippen LogP contribution is -2.32. The normalized spacial score (nSPS) is 13.3. The van der Waals surface area contributed by atoms with E-state index in [1.165, 1.54) is 13.8 Å². The molecule has 7 nitrogen and oxygen atoms in total. The maximum atomic E-state index is 13.1. The number of nitrogens with one attached hydrogen (secondary N) is 1. The van der Waals surface area contributed by atoms with Gasteiger partial charge in [0, 0.05) is 0 Å². The van der Waals surface area contributed by atoms with E-state index in [4.69, 9.17) is 11.6 Å². The third-order valence-corrected chi connectivity index (χ3v) is 4.70. The maximum Gasteiger partial charge on any atom is 0.436 e. The molecule has 2 rings (SSSR count). The highest BCUT2D eigenvalue weighted by molar-refractivity contribution is 7.99. The van der Waals surface area contributed by atoms with Crippen molar-refractivity contribution in [2.24, 2.45) is 0 Å². The van der Waals surface area contributed by atoms with Gasteiger partial charge in [-0.15, -0.1) is 10.2 Å². The number of rotatable bonds is 6. The zero-order chi connectivity index (χ0) is 20.5. The highest BCUT2D eigenvalue weighted by atomic mass is 35.5. The Morgan fingerprint density at radius 2 is 1.96 bits per heavy atom. The van der Waals surface area contributed by atoms with Crippen molar-refractivity contribution in [2.45, 2.75) is 44.6 Å². The molecule has 2 aromatic heterocycles. The Bertz CT molecular complexity index is 836. The van der Waals surface area contributed by atoms with Crippen molar-refractivity contribution in [3.63, 3.8) is 0 Å². The molecule has 0 bridgehead atoms. The summed E-state index contributed by atoms with van der Waals surface area (Å²) in [5, 5.41) is 9.62. The minimum absolute atomic E-state index is 0.0135. The van der Waals surface area contributed by atoms with Crippen molar-refractivity contribution in [3.8, 4) is 0 Å². The predicted octanol–water partition coefficient (Wildman–Crippen LogP) is 3.84. The van der Waals surface area contributed by atoms with Crippen LogP contribution in [-0.4, -0.2) is 36.3 Å². The minimum atomic E-state index is -4.80. The van der Waals surface area contributed by atoms with Crippen molar-refractivity contribution < 1.29 is 26.7 Å². The van der Waals surface area contributed by atoms with Gasteiger partial charge in [-0.1, -0.05) is 30.3 Å². The standard InChI is InChI=1S/C13H14ClF5N6OS/c1-4-27-12-21-20-10(9(15)16)25(12)23-11(26)6(3)24-5(2)7(14)8(22-24)13(17,18)19/h6,9H,4H2,1-3H3,(H,23,26). The Morgan fingerprint density at radius 3 is 2.44 bits per heavy atom. The molecular formula is C13H14ClF5N6OS. The quantitative estimate of drug-likeness (QED) is 0.554. The topological polar surface area (TPSA) is 77.6 Å². The van der Waals surface area contributed by atoms with Crippen molar-refractivity contribution in [1.82, 2.24) is 24.7 Å². The van der Waals surface area contributed by atoms with Crippen LogP contribution in [0, 0.1) is 6.92 Å². The zero-order valence-electron chi connectivity index (χ0n) is 14.2. The molecule has 0 spiro atoms. The Morgan fingerprint density at radius 1 is 1.33 bits per heavy atom. The van der Waals surface area contributed by atoms with Crippen molar-refractivity contribution in [1.29, 1.82) is 0 Å². The van der Waals surface area contributed by atoms with Crippen LogP contribution in [0.15, 0.2) is 5.16 Å². The molecule has 0 fully saturated rings. The average molecular weight is 433 g/mol. The van der Waals surface area contributed by atoms with Gasteiger partial charge in [-0.2, -0.15) is 18.3 Å². The van der Waals surface area contributed by atoms with Crippen LogP contribution < -0.4 is 5.43 Å². The van der Waals surface area contributed by atoms with Crippen molar-refractivity contribution in [3.05, 3.63) is 22.2 Å². The van der Waals surface area contributed by atoms with Gasteiger partial charge in [-0.25, -0.2) is 13.5 Å². The first kappa shape index (κ1) is 21.4. The Kier molecular flexibility index (Phi) is 6.35. The van der Waals surface area contributed by atoms with E-state index < -0.39 is 41.1 Å². The van der Waals surface area contributed by atoms with Crippen LogP contribution in [0.4, 0.5) is 22.0 Å². The lowest BCUT2D eigenvalue weighted by Gasteiger charge is -2.16. The number of nitrogens with zero attached hydrogens (tertiary/aromatic N) is 5. The Labute approximate surface area is 159 Å². The van der Waals surface area contributed by atoms with E-state index in [9.17, 15) is 26.7 Å². The number of halogens is 6. The number of aromatic nitrogens is 5. The molecule has 0 aliphatic carbocycles. The molecular weight excluding hydrogens is 419 g/mol. The van der Waals surface area contributed by atoms with Crippen molar-refractivity contribution in [2.75, 3.05) is 11.2 Å². The molecule has 27 heavy (non-hydrogen) atoms. The molecule has 2 aromatic rings. The fraction of sp³-hybridized carbons (Fsp3) is 0.538. The monoisotopic (exact) mass is 432 g/mol. The molecule has 0 saturated carbocycles. The summed E-state index contributed by atoms with van der Waals surface area (Å²) in [6.45, 7) is 4.25. The predicted molar refractivity (Wildman–Crippen MR) is 87.4 cm³/mol. The second-order valence-corrected chi connectivity index (χ2v) is 6.86. The summed E-state index contributed by atoms with van der Waals surface area (Å²) in [6, 6.07) is -1.27. The van der Waals surface area contributed by atoms with Gasteiger partial charge in [-0.3, -0.25) is 14.9 Å². The van der Waals surface area contributed by atoms with E-state index in [0.29, 0.717) is 10.4 Å². The first-order valence-electron chi connectivity index (χ1n) is 7.47. The van der Waals surface area contributed by atoms with Gasteiger partial charge in [0.05, 0.1) is 10.7 Å². The van der Waals surface area contributed by atoms with Crippen LogP contribution in [0.2, 0.25) is 5.02 Å². The minimum Gasteiger partial charge on any atom is -0.271 e. The SMILES string of the molecule is CCSc1nnc(C(F)F)n1NC(=O)C(C)n1nc(C(F)(F)F)c(Cl)c1C. The van der Waals surface area contributed by atoms with E-state index in [0.717, 1.165) is 16.4 Å². The van der Waals surface area contributed by atoms with Gasteiger partial charge in [0.25, 0.3) is 12.3 Å². The third-order valence-electron chi connectivity index (χ3n) is 3.44. The summed E-state index contributed by atoms with van der Waals surface area (Å²) in [5.41, 5.74) is 0.763. The molecule has 150 valence electrons. The number of carbonyl (C=O) groups excluding carboxylic acids is 1. The van der Waals surface area contributed by atoms with Gasteiger partial charge in [-0.05, 0) is 19.6 Å². The van der Waals surface area contributed by atoms with Gasteiger partial charge in [0.15, 0.2) is 5.69 Å². The molecule has 0 saturated heterocycles. The van der Waals surface area contributed by atoms with E-state index in [1.54, 1.807) is 6.92 Å². The summed E-state index contributed by atoms with van der Waals surface area (Å²) in [5.74, 6) is -1.22. The number of thioether (sulfide) groups is 1. The number of hydrogen-bond donors (Lipinski definition) is 1. The summed E-state index contributed by atoms with van der Waals surface area (Å²) in [7, 11) is 0. The van der Waals surface area contributed by atoms with Gasteiger partial charge in [0.1, 0.15) is 6.04 Å². The van der Waals surface area contributed by atoms with Crippen LogP contribution >= 0.6 is 23.4 Å². The number of carbonyl (C=O) groups is 1. The van der Waals surface area contributed by atoms with E-state index >= 15 is 0 Å². The highest BCUT2D eigenvalue weighted by Gasteiger charge is 2.39. The Hall–Kier alpha value is -1.89. The first-order valence-corrected chi connectivity index (χ1v) is 8.84. The Balaban J connectivity index is 2.34. The van der Waals surface area contributed by atoms with Gasteiger partial charge >= 0.3 is 6.18 Å². The molecule has 14 heteroatoms. The lowest BCUT2D eigenvalue weighted by molar-refractivity contribution is -0.141. The van der Waals surface area contributed by atoms with Gasteiger partial charge in [0.2, 0.25) is 11.0 Å². The second-order valence-electron chi connectivity index (χ2n) is 5.25. The smallest absolute Gasteiger partial charge is 0.271 e. The van der Waals surface area contributed by atoms with Crippen LogP contribution in [0.1, 0.15) is 43.5 Å². The molecule has 0 radical (unpaired) electrons. The van der Waals surface area contributed by atoms with Crippen LogP contribution in [0.3, 0.4) is 0 Å². The van der Waals surface area contributed by atoms with E-state index in [1.807, 2.05) is 0 Å². The zero-order valence-corrected chi connectivity index (χ0v) is 15.8. The van der Waals surface area contributed by atoms with E-state index in [-0.39, 0.29) is 10.9 Å². The molecule has 1 N–H and O–H groups in total. The molecule has 2 heterocycles. The van der Waals surface area contributed by atoms with Crippen LogP contribution in [-0.2, 0) is 11.0 Å². The summed E-state index contributed by atoms with van der Waals surface area (Å²) in [4.78, 5) is 12.4. The largest absolute Gasteiger partial charge is 0.436 e. The molecule has 0 aliphatic heterocycles. The first-order chi connectivity index (χ1) is 12.5.